The molecule has 0 bridgehead atoms. The zero-order chi connectivity index (χ0) is 20.8. The van der Waals surface area contributed by atoms with E-state index < -0.39 is 34.8 Å². The lowest BCUT2D eigenvalue weighted by Crippen LogP contribution is -2.59. The molecule has 29 heavy (non-hydrogen) atoms. The van der Waals surface area contributed by atoms with Crippen molar-refractivity contribution in [3.05, 3.63) is 35.8 Å². The molecule has 1 saturated carbocycles. The molecule has 2 heterocycles. The summed E-state index contributed by atoms with van der Waals surface area (Å²) in [5, 5.41) is 0. The van der Waals surface area contributed by atoms with E-state index in [1.165, 1.54) is 14.2 Å². The Morgan fingerprint density at radius 3 is 2.66 bits per heavy atom. The summed E-state index contributed by atoms with van der Waals surface area (Å²) in [4.78, 5) is 39.2. The number of carbonyl (C=O) groups excluding carboxylic acids is 3. The fourth-order valence-electron chi connectivity index (χ4n) is 5.98. The number of rotatable bonds is 3. The maximum Gasteiger partial charge on any atom is 0.334 e. The minimum atomic E-state index is -1.20. The minimum Gasteiger partial charge on any atom is -0.472 e. The Kier molecular flexibility index (Phi) is 4.79. The standard InChI is InChI=1S/C22H26O7/c1-13-7-9-21(19(24)27-3)15(18(23)26-2)5-4-6-17(21)22(13)11-16(29-20(22)25)14-8-10-28-12-14/h5,8,10,12-13,16-17H,4,6-7,9,11H2,1-3H3. The molecule has 2 aliphatic carbocycles. The van der Waals surface area contributed by atoms with Crippen LogP contribution in [0.5, 0.6) is 0 Å². The summed E-state index contributed by atoms with van der Waals surface area (Å²) in [6, 6.07) is 1.79. The van der Waals surface area contributed by atoms with Gasteiger partial charge in [0.25, 0.3) is 0 Å². The molecular weight excluding hydrogens is 376 g/mol. The lowest BCUT2D eigenvalue weighted by atomic mass is 9.45. The van der Waals surface area contributed by atoms with Crippen molar-refractivity contribution in [2.24, 2.45) is 22.7 Å². The van der Waals surface area contributed by atoms with Gasteiger partial charge in [-0.15, -0.1) is 0 Å². The number of cyclic esters (lactones) is 1. The van der Waals surface area contributed by atoms with Crippen LogP contribution in [0.15, 0.2) is 34.7 Å². The van der Waals surface area contributed by atoms with E-state index in [1.54, 1.807) is 24.7 Å². The summed E-state index contributed by atoms with van der Waals surface area (Å²) in [6.07, 6.45) is 7.17. The first-order valence-corrected chi connectivity index (χ1v) is 10.0. The van der Waals surface area contributed by atoms with Gasteiger partial charge in [-0.05, 0) is 43.6 Å². The van der Waals surface area contributed by atoms with E-state index in [0.717, 1.165) is 5.56 Å². The van der Waals surface area contributed by atoms with Crippen molar-refractivity contribution in [1.82, 2.24) is 0 Å². The van der Waals surface area contributed by atoms with E-state index in [4.69, 9.17) is 18.6 Å². The number of fused-ring (bicyclic) bond motifs is 2. The molecule has 1 saturated heterocycles. The fourth-order valence-corrected chi connectivity index (χ4v) is 5.98. The monoisotopic (exact) mass is 402 g/mol. The highest BCUT2D eigenvalue weighted by Crippen LogP contribution is 2.66. The molecule has 7 nitrogen and oxygen atoms in total. The molecule has 156 valence electrons. The average molecular weight is 402 g/mol. The van der Waals surface area contributed by atoms with Crippen molar-refractivity contribution >= 4 is 17.9 Å². The summed E-state index contributed by atoms with van der Waals surface area (Å²) < 4.78 is 21.2. The van der Waals surface area contributed by atoms with Crippen LogP contribution in [0.3, 0.4) is 0 Å². The van der Waals surface area contributed by atoms with Crippen molar-refractivity contribution in [3.8, 4) is 0 Å². The maximum absolute atomic E-state index is 13.4. The Bertz CT molecular complexity index is 855. The Morgan fingerprint density at radius 2 is 2.00 bits per heavy atom. The summed E-state index contributed by atoms with van der Waals surface area (Å²) >= 11 is 0. The predicted octanol–water partition coefficient (Wildman–Crippen LogP) is 3.35. The van der Waals surface area contributed by atoms with Crippen LogP contribution in [0.2, 0.25) is 0 Å². The van der Waals surface area contributed by atoms with E-state index in [1.807, 2.05) is 6.92 Å². The van der Waals surface area contributed by atoms with Gasteiger partial charge in [0.1, 0.15) is 11.5 Å². The Morgan fingerprint density at radius 1 is 1.21 bits per heavy atom. The van der Waals surface area contributed by atoms with Gasteiger partial charge in [0.2, 0.25) is 0 Å². The summed E-state index contributed by atoms with van der Waals surface area (Å²) in [5.74, 6) is -1.71. The molecule has 1 aromatic rings. The highest BCUT2D eigenvalue weighted by atomic mass is 16.6. The van der Waals surface area contributed by atoms with Crippen molar-refractivity contribution in [2.45, 2.75) is 45.1 Å². The van der Waals surface area contributed by atoms with Crippen molar-refractivity contribution in [3.63, 3.8) is 0 Å². The Labute approximate surface area is 169 Å². The van der Waals surface area contributed by atoms with E-state index in [2.05, 4.69) is 0 Å². The summed E-state index contributed by atoms with van der Waals surface area (Å²) in [5.41, 5.74) is -0.955. The lowest BCUT2D eigenvalue weighted by Gasteiger charge is -2.54. The predicted molar refractivity (Wildman–Crippen MR) is 100 cm³/mol. The van der Waals surface area contributed by atoms with E-state index in [9.17, 15) is 14.4 Å². The number of furan rings is 1. The Balaban J connectivity index is 1.84. The zero-order valence-electron chi connectivity index (χ0n) is 16.9. The Hall–Kier alpha value is -2.57. The molecule has 4 rings (SSSR count). The van der Waals surface area contributed by atoms with Crippen LogP contribution < -0.4 is 0 Å². The third-order valence-electron chi connectivity index (χ3n) is 7.37. The van der Waals surface area contributed by atoms with Gasteiger partial charge in [-0.1, -0.05) is 13.0 Å². The third-order valence-corrected chi connectivity index (χ3v) is 7.37. The van der Waals surface area contributed by atoms with E-state index in [0.29, 0.717) is 37.7 Å². The summed E-state index contributed by atoms with van der Waals surface area (Å²) in [6.45, 7) is 2.04. The van der Waals surface area contributed by atoms with E-state index >= 15 is 0 Å². The van der Waals surface area contributed by atoms with Gasteiger partial charge in [-0.2, -0.15) is 0 Å². The van der Waals surface area contributed by atoms with Crippen LogP contribution >= 0.6 is 0 Å². The molecular formula is C22H26O7. The largest absolute Gasteiger partial charge is 0.472 e. The first-order valence-electron chi connectivity index (χ1n) is 10.0. The molecule has 1 aliphatic heterocycles. The van der Waals surface area contributed by atoms with Crippen molar-refractivity contribution in [1.29, 1.82) is 0 Å². The molecule has 3 aliphatic rings. The SMILES string of the molecule is COC(=O)C1=CCCC2C1(C(=O)OC)CCC(C)C21CC(c2ccoc2)OC1=O. The number of esters is 3. The number of methoxy groups -OCH3 is 2. The smallest absolute Gasteiger partial charge is 0.334 e. The van der Waals surface area contributed by atoms with Gasteiger partial charge in [0.15, 0.2) is 0 Å². The average Bonchev–Trinajstić information content (AvgIpc) is 3.38. The highest BCUT2D eigenvalue weighted by molar-refractivity contribution is 5.99. The molecule has 0 N–H and O–H groups in total. The van der Waals surface area contributed by atoms with Crippen LogP contribution in [0.25, 0.3) is 0 Å². The second-order valence-corrected chi connectivity index (χ2v) is 8.34. The van der Waals surface area contributed by atoms with Crippen molar-refractivity contribution < 1.29 is 33.0 Å². The molecule has 1 aromatic heterocycles. The number of allylic oxidation sites excluding steroid dienone is 1. The number of hydrogen-bond donors (Lipinski definition) is 0. The summed E-state index contributed by atoms with van der Waals surface area (Å²) in [7, 11) is 2.63. The second-order valence-electron chi connectivity index (χ2n) is 8.34. The third kappa shape index (κ3) is 2.59. The zero-order valence-corrected chi connectivity index (χ0v) is 16.9. The van der Waals surface area contributed by atoms with Gasteiger partial charge in [-0.3, -0.25) is 9.59 Å². The van der Waals surface area contributed by atoms with Gasteiger partial charge in [0.05, 0.1) is 37.7 Å². The molecule has 7 heteroatoms. The molecule has 5 unspecified atom stereocenters. The lowest BCUT2D eigenvalue weighted by molar-refractivity contribution is -0.177. The van der Waals surface area contributed by atoms with Crippen LogP contribution in [0, 0.1) is 22.7 Å². The van der Waals surface area contributed by atoms with Gasteiger partial charge >= 0.3 is 17.9 Å². The highest BCUT2D eigenvalue weighted by Gasteiger charge is 2.69. The topological polar surface area (TPSA) is 92.0 Å². The van der Waals surface area contributed by atoms with Crippen molar-refractivity contribution in [2.75, 3.05) is 14.2 Å². The van der Waals surface area contributed by atoms with Gasteiger partial charge in [-0.25, -0.2) is 4.79 Å². The minimum absolute atomic E-state index is 0.00618. The second kappa shape index (κ2) is 7.04. The first-order chi connectivity index (χ1) is 13.9. The fraction of sp³-hybridized carbons (Fsp3) is 0.591. The molecule has 0 amide bonds. The first kappa shape index (κ1) is 19.7. The van der Waals surface area contributed by atoms with Crippen LogP contribution in [-0.2, 0) is 28.6 Å². The molecule has 5 atom stereocenters. The van der Waals surface area contributed by atoms with Crippen LogP contribution in [0.1, 0.15) is 50.7 Å². The molecule has 0 aromatic carbocycles. The molecule has 1 spiro atoms. The number of ether oxygens (including phenoxy) is 3. The van der Waals surface area contributed by atoms with Gasteiger partial charge in [0, 0.05) is 12.0 Å². The number of hydrogen-bond acceptors (Lipinski definition) is 7. The molecule has 0 radical (unpaired) electrons. The number of carbonyl (C=O) groups is 3. The van der Waals surface area contributed by atoms with Gasteiger partial charge < -0.3 is 18.6 Å². The van der Waals surface area contributed by atoms with Crippen LogP contribution in [0.4, 0.5) is 0 Å². The van der Waals surface area contributed by atoms with Crippen LogP contribution in [-0.4, -0.2) is 32.1 Å². The quantitative estimate of drug-likeness (QED) is 0.565. The maximum atomic E-state index is 13.4. The van der Waals surface area contributed by atoms with E-state index in [-0.39, 0.29) is 11.9 Å². The normalized spacial score (nSPS) is 36.2. The molecule has 2 fully saturated rings.